The van der Waals surface area contributed by atoms with Gasteiger partial charge in [-0.2, -0.15) is 0 Å². The van der Waals surface area contributed by atoms with Gasteiger partial charge in [0.25, 0.3) is 5.91 Å². The van der Waals surface area contributed by atoms with Crippen LogP contribution in [0.2, 0.25) is 5.02 Å². The van der Waals surface area contributed by atoms with Gasteiger partial charge in [0.15, 0.2) is 0 Å². The van der Waals surface area contributed by atoms with Crippen molar-refractivity contribution in [3.05, 3.63) is 58.9 Å². The van der Waals surface area contributed by atoms with Crippen LogP contribution in [-0.2, 0) is 19.1 Å². The molecule has 2 heterocycles. The molecule has 0 bridgehead atoms. The first-order valence-electron chi connectivity index (χ1n) is 9.50. The molecule has 162 valence electrons. The number of hydrogen-bond donors (Lipinski definition) is 2. The van der Waals surface area contributed by atoms with Crippen LogP contribution >= 0.6 is 11.6 Å². The minimum atomic E-state index is -0.579. The first-order valence-corrected chi connectivity index (χ1v) is 9.88. The van der Waals surface area contributed by atoms with Crippen molar-refractivity contribution in [2.24, 2.45) is 9.98 Å². The number of benzene rings is 1. The quantitative estimate of drug-likeness (QED) is 0.522. The number of rotatable bonds is 6. The Labute approximate surface area is 184 Å². The van der Waals surface area contributed by atoms with Gasteiger partial charge >= 0.3 is 5.97 Å². The molecule has 2 aromatic rings. The Morgan fingerprint density at radius 3 is 2.74 bits per heavy atom. The Balaban J connectivity index is 2.05. The van der Waals surface area contributed by atoms with Crippen LogP contribution < -0.4 is 10.9 Å². The summed E-state index contributed by atoms with van der Waals surface area (Å²) in [7, 11) is 2.75. The highest BCUT2D eigenvalue weighted by atomic mass is 35.5. The largest absolute Gasteiger partial charge is 0.469 e. The molecule has 0 saturated heterocycles. The van der Waals surface area contributed by atoms with E-state index in [1.807, 2.05) is 18.2 Å². The molecule has 1 aliphatic rings. The second-order valence-electron chi connectivity index (χ2n) is 6.59. The zero-order valence-corrected chi connectivity index (χ0v) is 17.8. The first-order chi connectivity index (χ1) is 15.0. The summed E-state index contributed by atoms with van der Waals surface area (Å²) in [6, 6.07) is 10.2. The van der Waals surface area contributed by atoms with E-state index in [1.165, 1.54) is 14.2 Å². The van der Waals surface area contributed by atoms with E-state index in [0.29, 0.717) is 39.9 Å². The lowest BCUT2D eigenvalue weighted by Crippen LogP contribution is -2.47. The average molecular weight is 444 g/mol. The van der Waals surface area contributed by atoms with Crippen molar-refractivity contribution < 1.29 is 19.1 Å². The van der Waals surface area contributed by atoms with Crippen LogP contribution in [0.1, 0.15) is 24.1 Å². The van der Waals surface area contributed by atoms with Crippen LogP contribution in [0.15, 0.2) is 52.6 Å². The van der Waals surface area contributed by atoms with E-state index in [2.05, 4.69) is 20.8 Å². The number of amidine groups is 1. The van der Waals surface area contributed by atoms with Crippen LogP contribution in [0.3, 0.4) is 0 Å². The molecule has 1 aliphatic heterocycles. The molecule has 0 radical (unpaired) electrons. The summed E-state index contributed by atoms with van der Waals surface area (Å²) < 4.78 is 9.59. The third-order valence-electron chi connectivity index (χ3n) is 4.42. The molecule has 10 heteroatoms. The summed E-state index contributed by atoms with van der Waals surface area (Å²) in [5.74, 6) is -0.392. The van der Waals surface area contributed by atoms with E-state index in [9.17, 15) is 9.59 Å². The summed E-state index contributed by atoms with van der Waals surface area (Å²) in [5.41, 5.74) is 7.86. The van der Waals surface area contributed by atoms with Gasteiger partial charge in [0.1, 0.15) is 18.5 Å². The molecule has 1 aromatic carbocycles. The van der Waals surface area contributed by atoms with E-state index in [1.54, 1.807) is 24.4 Å². The molecule has 2 N–H and O–H groups in total. The lowest BCUT2D eigenvalue weighted by molar-refractivity contribution is -0.140. The van der Waals surface area contributed by atoms with Gasteiger partial charge in [0.05, 0.1) is 24.2 Å². The Hall–Kier alpha value is -3.30. The number of ether oxygens (including phenoxy) is 2. The number of pyridine rings is 1. The van der Waals surface area contributed by atoms with Crippen molar-refractivity contribution in [2.75, 3.05) is 20.8 Å². The van der Waals surface area contributed by atoms with Crippen molar-refractivity contribution in [3.63, 3.8) is 0 Å². The molecule has 0 unspecified atom stereocenters. The maximum atomic E-state index is 11.9. The summed E-state index contributed by atoms with van der Waals surface area (Å²) >= 11 is 6.24. The van der Waals surface area contributed by atoms with Crippen LogP contribution in [0.5, 0.6) is 0 Å². The molecular weight excluding hydrogens is 422 g/mol. The molecule has 1 aromatic heterocycles. The normalized spacial score (nSPS) is 15.1. The number of carbonyl (C=O) groups excluding carboxylic acids is 2. The van der Waals surface area contributed by atoms with E-state index < -0.39 is 6.04 Å². The lowest BCUT2D eigenvalue weighted by atomic mass is 10.0. The number of nitrogens with zero attached hydrogens (tertiary/aromatic N) is 3. The number of nitrogens with one attached hydrogen (secondary N) is 2. The third-order valence-corrected chi connectivity index (χ3v) is 4.65. The minimum Gasteiger partial charge on any atom is -0.469 e. The summed E-state index contributed by atoms with van der Waals surface area (Å²) in [6.07, 6.45) is 2.09. The van der Waals surface area contributed by atoms with E-state index in [0.717, 1.165) is 0 Å². The second kappa shape index (κ2) is 10.6. The lowest BCUT2D eigenvalue weighted by Gasteiger charge is -2.17. The number of amides is 1. The predicted octanol–water partition coefficient (Wildman–Crippen LogP) is 2.21. The van der Waals surface area contributed by atoms with E-state index in [-0.39, 0.29) is 24.9 Å². The number of halogens is 1. The molecule has 1 atom stereocenters. The Morgan fingerprint density at radius 1 is 1.19 bits per heavy atom. The number of methoxy groups -OCH3 is 2. The van der Waals surface area contributed by atoms with Gasteiger partial charge in [-0.1, -0.05) is 17.7 Å². The number of fused-ring (bicyclic) bond motifs is 1. The van der Waals surface area contributed by atoms with Crippen LogP contribution in [0.25, 0.3) is 0 Å². The zero-order chi connectivity index (χ0) is 22.2. The van der Waals surface area contributed by atoms with Gasteiger partial charge in [0, 0.05) is 30.3 Å². The number of aromatic nitrogens is 1. The molecule has 0 aliphatic carbocycles. The van der Waals surface area contributed by atoms with Gasteiger partial charge in [0.2, 0.25) is 0 Å². The molecule has 0 fully saturated rings. The Morgan fingerprint density at radius 2 is 2.03 bits per heavy atom. The molecule has 0 saturated carbocycles. The number of esters is 1. The molecule has 0 spiro atoms. The molecular formula is C21H22ClN5O4. The van der Waals surface area contributed by atoms with E-state index in [4.69, 9.17) is 26.1 Å². The van der Waals surface area contributed by atoms with Crippen LogP contribution in [0.4, 0.5) is 5.69 Å². The van der Waals surface area contributed by atoms with Crippen molar-refractivity contribution in [3.8, 4) is 0 Å². The van der Waals surface area contributed by atoms with E-state index >= 15 is 0 Å². The summed E-state index contributed by atoms with van der Waals surface area (Å²) in [6.45, 7) is -0.123. The maximum absolute atomic E-state index is 11.9. The number of carbonyl (C=O) groups is 2. The second-order valence-corrected chi connectivity index (χ2v) is 7.02. The first kappa shape index (κ1) is 22.4. The van der Waals surface area contributed by atoms with Crippen molar-refractivity contribution in [1.82, 2.24) is 15.8 Å². The Bertz CT molecular complexity index is 1010. The van der Waals surface area contributed by atoms with Crippen molar-refractivity contribution >= 4 is 40.7 Å². The van der Waals surface area contributed by atoms with Crippen LogP contribution in [-0.4, -0.2) is 55.3 Å². The predicted molar refractivity (Wildman–Crippen MR) is 117 cm³/mol. The Kier molecular flexibility index (Phi) is 7.69. The zero-order valence-electron chi connectivity index (χ0n) is 17.1. The molecule has 31 heavy (non-hydrogen) atoms. The van der Waals surface area contributed by atoms with Crippen LogP contribution in [0, 0.1) is 0 Å². The highest BCUT2D eigenvalue weighted by molar-refractivity contribution is 6.31. The minimum absolute atomic E-state index is 0.115. The monoisotopic (exact) mass is 443 g/mol. The highest BCUT2D eigenvalue weighted by Gasteiger charge is 2.25. The number of hydrogen-bond acceptors (Lipinski definition) is 8. The topological polar surface area (TPSA) is 114 Å². The van der Waals surface area contributed by atoms with Crippen molar-refractivity contribution in [1.29, 1.82) is 0 Å². The average Bonchev–Trinajstić information content (AvgIpc) is 2.93. The maximum Gasteiger partial charge on any atom is 0.305 e. The SMILES string of the molecule is COCC(=O)NNC1=Nc2ccc(Cl)cc2C(c2ccccn2)=N[C@H]1CCC(=O)OC. The van der Waals surface area contributed by atoms with Gasteiger partial charge in [-0.05, 0) is 36.8 Å². The fourth-order valence-corrected chi connectivity index (χ4v) is 3.14. The van der Waals surface area contributed by atoms with Gasteiger partial charge in [-0.15, -0.1) is 0 Å². The van der Waals surface area contributed by atoms with Gasteiger partial charge in [-0.3, -0.25) is 30.4 Å². The fraction of sp³-hybridized carbons (Fsp3) is 0.286. The summed E-state index contributed by atoms with van der Waals surface area (Å²) in [5, 5.41) is 0.522. The number of hydrazine groups is 1. The molecule has 9 nitrogen and oxygen atoms in total. The fourth-order valence-electron chi connectivity index (χ4n) is 2.96. The molecule has 3 rings (SSSR count). The van der Waals surface area contributed by atoms with Gasteiger partial charge < -0.3 is 9.47 Å². The highest BCUT2D eigenvalue weighted by Crippen LogP contribution is 2.29. The summed E-state index contributed by atoms with van der Waals surface area (Å²) in [4.78, 5) is 37.6. The number of aliphatic imine (C=N–C) groups is 2. The smallest absolute Gasteiger partial charge is 0.305 e. The van der Waals surface area contributed by atoms with Crippen molar-refractivity contribution in [2.45, 2.75) is 18.9 Å². The van der Waals surface area contributed by atoms with Gasteiger partial charge in [-0.25, -0.2) is 4.99 Å². The molecule has 1 amide bonds. The standard InChI is InChI=1S/C21H22ClN5O4/c1-30-12-18(28)26-27-21-17(8-9-19(29)31-2)24-20(16-5-3-4-10-23-16)14-11-13(22)6-7-15(14)25-21/h3-7,10-11,17H,8-9,12H2,1-2H3,(H,25,27)(H,26,28)/t17-/m0/s1. The third kappa shape index (κ3) is 5.87.